The first-order chi connectivity index (χ1) is 13.1. The van der Waals surface area contributed by atoms with Gasteiger partial charge in [-0.05, 0) is 62.6 Å². The van der Waals surface area contributed by atoms with E-state index in [1.54, 1.807) is 0 Å². The van der Waals surface area contributed by atoms with Crippen LogP contribution in [0.5, 0.6) is 0 Å². The molecule has 0 saturated heterocycles. The van der Waals surface area contributed by atoms with Crippen molar-refractivity contribution in [1.82, 2.24) is 5.32 Å². The maximum atomic E-state index is 13.1. The standard InChI is InChI=1S/C21H27FN2O3S/c1-15-7-8-16(2)20(14-15)17(3)23-21(25)6-5-13-24(28(4,26)27)19-11-9-18(22)10-12-19/h7-12,14,17H,5-6,13H2,1-4H3,(H,23,25)/t17-/m0/s1. The summed E-state index contributed by atoms with van der Waals surface area (Å²) in [5, 5.41) is 2.97. The Morgan fingerprint density at radius 3 is 2.39 bits per heavy atom. The molecule has 7 heteroatoms. The van der Waals surface area contributed by atoms with E-state index in [1.807, 2.05) is 32.9 Å². The van der Waals surface area contributed by atoms with Crippen molar-refractivity contribution in [2.75, 3.05) is 17.1 Å². The number of hydrogen-bond donors (Lipinski definition) is 1. The molecule has 2 aromatic rings. The third-order valence-corrected chi connectivity index (χ3v) is 5.75. The molecule has 0 aromatic heterocycles. The van der Waals surface area contributed by atoms with Crippen LogP contribution in [0.25, 0.3) is 0 Å². The molecular formula is C21H27FN2O3S. The Kier molecular flexibility index (Phi) is 7.18. The van der Waals surface area contributed by atoms with Crippen molar-refractivity contribution in [1.29, 1.82) is 0 Å². The van der Waals surface area contributed by atoms with Gasteiger partial charge in [-0.2, -0.15) is 0 Å². The van der Waals surface area contributed by atoms with Gasteiger partial charge in [0.15, 0.2) is 0 Å². The van der Waals surface area contributed by atoms with Gasteiger partial charge in [0.05, 0.1) is 18.0 Å². The molecule has 0 unspecified atom stereocenters. The largest absolute Gasteiger partial charge is 0.350 e. The topological polar surface area (TPSA) is 66.5 Å². The minimum atomic E-state index is -3.53. The molecule has 0 aliphatic heterocycles. The summed E-state index contributed by atoms with van der Waals surface area (Å²) >= 11 is 0. The van der Waals surface area contributed by atoms with E-state index in [2.05, 4.69) is 11.4 Å². The maximum absolute atomic E-state index is 13.1. The Bertz CT molecular complexity index is 927. The number of halogens is 1. The first kappa shape index (κ1) is 21.9. The second-order valence-electron chi connectivity index (χ2n) is 7.06. The number of aryl methyl sites for hydroxylation is 2. The van der Waals surface area contributed by atoms with Crippen LogP contribution in [0, 0.1) is 19.7 Å². The molecule has 1 amide bonds. The SMILES string of the molecule is Cc1ccc(C)c([C@H](C)NC(=O)CCCN(c2ccc(F)cc2)S(C)(=O)=O)c1. The van der Waals surface area contributed by atoms with Crippen LogP contribution < -0.4 is 9.62 Å². The first-order valence-corrected chi connectivity index (χ1v) is 11.0. The van der Waals surface area contributed by atoms with Gasteiger partial charge in [-0.1, -0.05) is 23.8 Å². The Hall–Kier alpha value is -2.41. The molecule has 2 aromatic carbocycles. The van der Waals surface area contributed by atoms with Crippen LogP contribution in [0.1, 0.15) is 42.5 Å². The van der Waals surface area contributed by atoms with Crippen LogP contribution >= 0.6 is 0 Å². The fraction of sp³-hybridized carbons (Fsp3) is 0.381. The summed E-state index contributed by atoms with van der Waals surface area (Å²) < 4.78 is 38.4. The highest BCUT2D eigenvalue weighted by Gasteiger charge is 2.18. The number of carbonyl (C=O) groups is 1. The van der Waals surface area contributed by atoms with Gasteiger partial charge in [-0.15, -0.1) is 0 Å². The molecule has 1 atom stereocenters. The fourth-order valence-corrected chi connectivity index (χ4v) is 4.06. The molecule has 0 fully saturated rings. The zero-order valence-electron chi connectivity index (χ0n) is 16.7. The molecule has 0 spiro atoms. The molecular weight excluding hydrogens is 379 g/mol. The molecule has 0 aliphatic carbocycles. The molecule has 0 saturated carbocycles. The number of carbonyl (C=O) groups excluding carboxylic acids is 1. The smallest absolute Gasteiger partial charge is 0.232 e. The van der Waals surface area contributed by atoms with Gasteiger partial charge in [0.25, 0.3) is 0 Å². The van der Waals surface area contributed by atoms with Crippen molar-refractivity contribution < 1.29 is 17.6 Å². The van der Waals surface area contributed by atoms with Gasteiger partial charge in [-0.25, -0.2) is 12.8 Å². The molecule has 2 rings (SSSR count). The third-order valence-electron chi connectivity index (χ3n) is 4.56. The second-order valence-corrected chi connectivity index (χ2v) is 8.97. The Labute approximate surface area is 166 Å². The lowest BCUT2D eigenvalue weighted by molar-refractivity contribution is -0.121. The molecule has 0 heterocycles. The van der Waals surface area contributed by atoms with Gasteiger partial charge in [0, 0.05) is 13.0 Å². The predicted octanol–water partition coefficient (Wildman–Crippen LogP) is 3.87. The van der Waals surface area contributed by atoms with E-state index in [-0.39, 0.29) is 24.9 Å². The van der Waals surface area contributed by atoms with E-state index in [9.17, 15) is 17.6 Å². The zero-order valence-corrected chi connectivity index (χ0v) is 17.5. The minimum Gasteiger partial charge on any atom is -0.350 e. The molecule has 0 bridgehead atoms. The summed E-state index contributed by atoms with van der Waals surface area (Å²) in [5.41, 5.74) is 3.69. The average molecular weight is 407 g/mol. The molecule has 0 radical (unpaired) electrons. The van der Waals surface area contributed by atoms with Crippen molar-refractivity contribution in [2.24, 2.45) is 0 Å². The summed E-state index contributed by atoms with van der Waals surface area (Å²) in [5.74, 6) is -0.571. The number of sulfonamides is 1. The van der Waals surface area contributed by atoms with Crippen molar-refractivity contribution >= 4 is 21.6 Å². The lowest BCUT2D eigenvalue weighted by Crippen LogP contribution is -2.32. The van der Waals surface area contributed by atoms with E-state index in [0.717, 1.165) is 22.9 Å². The van der Waals surface area contributed by atoms with Crippen molar-refractivity contribution in [3.05, 3.63) is 65.0 Å². The van der Waals surface area contributed by atoms with Crippen LogP contribution in [0.4, 0.5) is 10.1 Å². The quantitative estimate of drug-likeness (QED) is 0.724. The highest BCUT2D eigenvalue weighted by atomic mass is 32.2. The summed E-state index contributed by atoms with van der Waals surface area (Å²) in [7, 11) is -3.53. The summed E-state index contributed by atoms with van der Waals surface area (Å²) in [6.45, 7) is 6.09. The van der Waals surface area contributed by atoms with Crippen LogP contribution in [0.2, 0.25) is 0 Å². The number of nitrogens with zero attached hydrogens (tertiary/aromatic N) is 1. The van der Waals surface area contributed by atoms with E-state index in [4.69, 9.17) is 0 Å². The predicted molar refractivity (Wildman–Crippen MR) is 110 cm³/mol. The summed E-state index contributed by atoms with van der Waals surface area (Å²) in [4.78, 5) is 12.3. The Morgan fingerprint density at radius 2 is 1.79 bits per heavy atom. The van der Waals surface area contributed by atoms with Crippen molar-refractivity contribution in [2.45, 2.75) is 39.7 Å². The normalized spacial score (nSPS) is 12.5. The number of anilines is 1. The fourth-order valence-electron chi connectivity index (χ4n) is 3.09. The molecule has 152 valence electrons. The molecule has 0 aliphatic rings. The maximum Gasteiger partial charge on any atom is 0.232 e. The number of nitrogens with one attached hydrogen (secondary N) is 1. The molecule has 5 nitrogen and oxygen atoms in total. The Morgan fingerprint density at radius 1 is 1.14 bits per heavy atom. The van der Waals surface area contributed by atoms with Crippen LogP contribution in [-0.4, -0.2) is 27.1 Å². The minimum absolute atomic E-state index is 0.129. The average Bonchev–Trinajstić information content (AvgIpc) is 2.60. The third kappa shape index (κ3) is 6.05. The monoisotopic (exact) mass is 406 g/mol. The summed E-state index contributed by atoms with van der Waals surface area (Å²) in [6.07, 6.45) is 1.65. The second kappa shape index (κ2) is 9.19. The van der Waals surface area contributed by atoms with Gasteiger partial charge >= 0.3 is 0 Å². The van der Waals surface area contributed by atoms with Gasteiger partial charge < -0.3 is 5.32 Å². The van der Waals surface area contributed by atoms with Crippen LogP contribution in [0.3, 0.4) is 0 Å². The van der Waals surface area contributed by atoms with Gasteiger partial charge in [0.2, 0.25) is 15.9 Å². The van der Waals surface area contributed by atoms with Crippen molar-refractivity contribution in [3.8, 4) is 0 Å². The van der Waals surface area contributed by atoms with E-state index < -0.39 is 15.8 Å². The zero-order chi connectivity index (χ0) is 20.9. The number of amides is 1. The number of hydrogen-bond acceptors (Lipinski definition) is 3. The summed E-state index contributed by atoms with van der Waals surface area (Å²) in [6, 6.07) is 11.2. The highest BCUT2D eigenvalue weighted by molar-refractivity contribution is 7.92. The Balaban J connectivity index is 1.95. The van der Waals surface area contributed by atoms with E-state index in [1.165, 1.54) is 28.6 Å². The molecule has 28 heavy (non-hydrogen) atoms. The highest BCUT2D eigenvalue weighted by Crippen LogP contribution is 2.20. The van der Waals surface area contributed by atoms with Crippen molar-refractivity contribution in [3.63, 3.8) is 0 Å². The van der Waals surface area contributed by atoms with E-state index in [0.29, 0.717) is 12.1 Å². The lowest BCUT2D eigenvalue weighted by Gasteiger charge is -2.22. The van der Waals surface area contributed by atoms with Crippen LogP contribution in [-0.2, 0) is 14.8 Å². The first-order valence-electron chi connectivity index (χ1n) is 9.17. The van der Waals surface area contributed by atoms with E-state index >= 15 is 0 Å². The number of rotatable bonds is 8. The lowest BCUT2D eigenvalue weighted by atomic mass is 10.00. The van der Waals surface area contributed by atoms with Gasteiger partial charge in [0.1, 0.15) is 5.82 Å². The molecule has 1 N–H and O–H groups in total. The van der Waals surface area contributed by atoms with Gasteiger partial charge in [-0.3, -0.25) is 9.10 Å². The van der Waals surface area contributed by atoms with Crippen LogP contribution in [0.15, 0.2) is 42.5 Å². The number of benzene rings is 2.